The fourth-order valence-electron chi connectivity index (χ4n) is 1.50. The predicted octanol–water partition coefficient (Wildman–Crippen LogP) is 0.336. The van der Waals surface area contributed by atoms with Crippen molar-refractivity contribution < 1.29 is 0 Å². The topological polar surface area (TPSA) is 98.3 Å². The summed E-state index contributed by atoms with van der Waals surface area (Å²) in [7, 11) is 1.79. The third-order valence-electron chi connectivity index (χ3n) is 2.39. The van der Waals surface area contributed by atoms with Gasteiger partial charge in [0.05, 0.1) is 5.69 Å². The van der Waals surface area contributed by atoms with Gasteiger partial charge >= 0.3 is 0 Å². The van der Waals surface area contributed by atoms with Crippen LogP contribution in [0.4, 0.5) is 5.82 Å². The molecular weight excluding hydrogens is 206 g/mol. The van der Waals surface area contributed by atoms with E-state index in [0.717, 1.165) is 11.3 Å². The molecule has 0 aliphatic carbocycles. The summed E-state index contributed by atoms with van der Waals surface area (Å²) in [4.78, 5) is 4.16. The maximum atomic E-state index is 5.72. The highest BCUT2D eigenvalue weighted by Crippen LogP contribution is 2.20. The Kier molecular flexibility index (Phi) is 1.67. The molecule has 0 fully saturated rings. The van der Waals surface area contributed by atoms with Crippen LogP contribution in [0.3, 0.4) is 0 Å². The van der Waals surface area contributed by atoms with Crippen LogP contribution in [0.1, 0.15) is 0 Å². The molecule has 3 N–H and O–H groups in total. The van der Waals surface area contributed by atoms with Gasteiger partial charge in [0.25, 0.3) is 0 Å². The van der Waals surface area contributed by atoms with Crippen molar-refractivity contribution in [1.82, 2.24) is 30.2 Å². The lowest BCUT2D eigenvalue weighted by Gasteiger charge is -1.94. The first-order valence-corrected chi connectivity index (χ1v) is 4.70. The van der Waals surface area contributed by atoms with E-state index in [1.165, 1.54) is 0 Å². The highest BCUT2D eigenvalue weighted by Gasteiger charge is 2.07. The molecule has 0 radical (unpaired) electrons. The van der Waals surface area contributed by atoms with Crippen LogP contribution in [0.25, 0.3) is 22.4 Å². The summed E-state index contributed by atoms with van der Waals surface area (Å²) in [5.41, 5.74) is 8.66. The van der Waals surface area contributed by atoms with Gasteiger partial charge < -0.3 is 5.73 Å². The summed E-state index contributed by atoms with van der Waals surface area (Å²) in [6.45, 7) is 0. The monoisotopic (exact) mass is 215 g/mol. The number of nitrogens with two attached hydrogens (primary N) is 1. The molecule has 0 saturated carbocycles. The fourth-order valence-corrected chi connectivity index (χ4v) is 1.50. The Morgan fingerprint density at radius 3 is 2.94 bits per heavy atom. The van der Waals surface area contributed by atoms with Crippen molar-refractivity contribution >= 4 is 17.0 Å². The molecule has 0 unspecified atom stereocenters. The van der Waals surface area contributed by atoms with E-state index >= 15 is 0 Å². The van der Waals surface area contributed by atoms with Crippen molar-refractivity contribution in [2.75, 3.05) is 5.73 Å². The van der Waals surface area contributed by atoms with Crippen molar-refractivity contribution in [3.63, 3.8) is 0 Å². The van der Waals surface area contributed by atoms with Crippen LogP contribution in [0.2, 0.25) is 0 Å². The number of hydrogen-bond acceptors (Lipinski definition) is 5. The molecule has 0 aromatic carbocycles. The number of H-pyrrole nitrogens is 1. The molecule has 0 bridgehead atoms. The molecule has 0 aliphatic heterocycles. The third kappa shape index (κ3) is 1.22. The number of anilines is 1. The largest absolute Gasteiger partial charge is 0.384 e. The number of fused-ring (bicyclic) bond motifs is 1. The van der Waals surface area contributed by atoms with E-state index in [1.54, 1.807) is 24.0 Å². The zero-order valence-corrected chi connectivity index (χ0v) is 8.55. The van der Waals surface area contributed by atoms with E-state index in [9.17, 15) is 0 Å². The zero-order valence-electron chi connectivity index (χ0n) is 8.55. The van der Waals surface area contributed by atoms with Gasteiger partial charge in [-0.2, -0.15) is 15.4 Å². The summed E-state index contributed by atoms with van der Waals surface area (Å²) in [6.07, 6.45) is 1.70. The van der Waals surface area contributed by atoms with E-state index in [-0.39, 0.29) is 0 Å². The number of aryl methyl sites for hydroxylation is 1. The average Bonchev–Trinajstić information content (AvgIpc) is 2.85. The van der Waals surface area contributed by atoms with Crippen LogP contribution in [0, 0.1) is 0 Å². The second kappa shape index (κ2) is 3.02. The van der Waals surface area contributed by atoms with E-state index in [4.69, 9.17) is 5.73 Å². The summed E-state index contributed by atoms with van der Waals surface area (Å²) in [5, 5.41) is 14.6. The fraction of sp³-hybridized carbons (Fsp3) is 0.111. The van der Waals surface area contributed by atoms with Crippen LogP contribution in [0.5, 0.6) is 0 Å². The molecule has 3 aromatic rings. The van der Waals surface area contributed by atoms with E-state index in [2.05, 4.69) is 25.5 Å². The molecule has 0 amide bonds. The van der Waals surface area contributed by atoms with Gasteiger partial charge in [0, 0.05) is 24.9 Å². The summed E-state index contributed by atoms with van der Waals surface area (Å²) < 4.78 is 1.61. The highest BCUT2D eigenvalue weighted by atomic mass is 15.3. The molecule has 80 valence electrons. The van der Waals surface area contributed by atoms with Crippen LogP contribution in [-0.4, -0.2) is 30.2 Å². The smallest absolute Gasteiger partial charge is 0.201 e. The minimum Gasteiger partial charge on any atom is -0.384 e. The minimum atomic E-state index is 0.590. The molecule has 3 rings (SSSR count). The molecule has 0 aliphatic rings. The van der Waals surface area contributed by atoms with Gasteiger partial charge in [-0.05, 0) is 6.07 Å². The second-order valence-electron chi connectivity index (χ2n) is 3.47. The number of pyridine rings is 1. The number of nitrogen functional groups attached to an aromatic ring is 1. The lowest BCUT2D eigenvalue weighted by atomic mass is 10.2. The van der Waals surface area contributed by atoms with Crippen LogP contribution >= 0.6 is 0 Å². The number of rotatable bonds is 1. The van der Waals surface area contributed by atoms with Gasteiger partial charge in [0.15, 0.2) is 0 Å². The van der Waals surface area contributed by atoms with E-state index < -0.39 is 0 Å². The first kappa shape index (κ1) is 8.84. The minimum absolute atomic E-state index is 0.590. The molecule has 16 heavy (non-hydrogen) atoms. The normalized spacial score (nSPS) is 11.1. The van der Waals surface area contributed by atoms with Gasteiger partial charge in [-0.1, -0.05) is 0 Å². The SMILES string of the molecule is Cn1nc(-c2cnc3n[nH]nc3c2)cc1N. The molecule has 7 heteroatoms. The molecule has 3 heterocycles. The summed E-state index contributed by atoms with van der Waals surface area (Å²) in [5.74, 6) is 0.607. The maximum Gasteiger partial charge on any atom is 0.201 e. The first-order valence-electron chi connectivity index (χ1n) is 4.70. The molecule has 7 nitrogen and oxygen atoms in total. The van der Waals surface area contributed by atoms with Crippen molar-refractivity contribution in [2.24, 2.45) is 7.05 Å². The predicted molar refractivity (Wildman–Crippen MR) is 58.3 cm³/mol. The Morgan fingerprint density at radius 1 is 1.31 bits per heavy atom. The maximum absolute atomic E-state index is 5.72. The van der Waals surface area contributed by atoms with Crippen LogP contribution in [-0.2, 0) is 7.05 Å². The Labute approximate surface area is 90.3 Å². The standard InChI is InChI=1S/C9H9N7/c1-16-8(10)3-6(14-16)5-2-7-9(11-4-5)13-15-12-7/h2-4H,10H2,1H3,(H,11,12,13,15). The zero-order chi connectivity index (χ0) is 11.1. The van der Waals surface area contributed by atoms with Crippen LogP contribution in [0.15, 0.2) is 18.3 Å². The van der Waals surface area contributed by atoms with E-state index in [1.807, 2.05) is 6.07 Å². The van der Waals surface area contributed by atoms with Crippen molar-refractivity contribution in [3.05, 3.63) is 18.3 Å². The van der Waals surface area contributed by atoms with Crippen molar-refractivity contribution in [3.8, 4) is 11.3 Å². The molecule has 0 atom stereocenters. The highest BCUT2D eigenvalue weighted by molar-refractivity contribution is 5.76. The van der Waals surface area contributed by atoms with E-state index in [0.29, 0.717) is 17.0 Å². The second-order valence-corrected chi connectivity index (χ2v) is 3.47. The first-order chi connectivity index (χ1) is 7.74. The Balaban J connectivity index is 2.17. The summed E-state index contributed by atoms with van der Waals surface area (Å²) in [6, 6.07) is 3.66. The number of aromatic nitrogens is 6. The third-order valence-corrected chi connectivity index (χ3v) is 2.39. The molecular formula is C9H9N7. The van der Waals surface area contributed by atoms with Crippen LogP contribution < -0.4 is 5.73 Å². The Bertz CT molecular complexity index is 631. The quantitative estimate of drug-likeness (QED) is 0.609. The number of nitrogens with one attached hydrogen (secondary N) is 1. The van der Waals surface area contributed by atoms with Gasteiger partial charge in [0.1, 0.15) is 11.3 Å². The van der Waals surface area contributed by atoms with Gasteiger partial charge in [-0.3, -0.25) is 4.68 Å². The summed E-state index contributed by atoms with van der Waals surface area (Å²) >= 11 is 0. The number of aromatic amines is 1. The van der Waals surface area contributed by atoms with Gasteiger partial charge in [-0.25, -0.2) is 4.98 Å². The molecule has 0 saturated heterocycles. The lowest BCUT2D eigenvalue weighted by molar-refractivity contribution is 0.782. The van der Waals surface area contributed by atoms with Crippen molar-refractivity contribution in [2.45, 2.75) is 0 Å². The number of nitrogens with zero attached hydrogens (tertiary/aromatic N) is 5. The van der Waals surface area contributed by atoms with Gasteiger partial charge in [0.2, 0.25) is 5.65 Å². The van der Waals surface area contributed by atoms with Gasteiger partial charge in [-0.15, -0.1) is 5.10 Å². The molecule has 3 aromatic heterocycles. The Hall–Kier alpha value is -2.44. The average molecular weight is 215 g/mol. The molecule has 0 spiro atoms. The Morgan fingerprint density at radius 2 is 2.19 bits per heavy atom. The number of hydrogen-bond donors (Lipinski definition) is 2. The van der Waals surface area contributed by atoms with Crippen molar-refractivity contribution in [1.29, 1.82) is 0 Å². The lowest BCUT2D eigenvalue weighted by Crippen LogP contribution is -1.96.